The van der Waals surface area contributed by atoms with Crippen molar-refractivity contribution in [1.29, 1.82) is 0 Å². The van der Waals surface area contributed by atoms with E-state index in [4.69, 9.17) is 4.42 Å². The van der Waals surface area contributed by atoms with Gasteiger partial charge in [0.15, 0.2) is 5.76 Å². The van der Waals surface area contributed by atoms with E-state index in [2.05, 4.69) is 25.1 Å². The van der Waals surface area contributed by atoms with Gasteiger partial charge in [-0.05, 0) is 12.3 Å². The lowest BCUT2D eigenvalue weighted by atomic mass is 9.99. The molecule has 0 unspecified atom stereocenters. The Morgan fingerprint density at radius 1 is 1.26 bits per heavy atom. The Kier molecular flexibility index (Phi) is 3.90. The van der Waals surface area contributed by atoms with Gasteiger partial charge in [0.25, 0.3) is 0 Å². The number of rotatable bonds is 5. The molecule has 3 aromatic rings. The molecule has 0 amide bonds. The quantitative estimate of drug-likeness (QED) is 0.783. The van der Waals surface area contributed by atoms with E-state index in [9.17, 15) is 0 Å². The maximum absolute atomic E-state index is 5.80. The van der Waals surface area contributed by atoms with E-state index < -0.39 is 0 Å². The monoisotopic (exact) mass is 309 g/mol. The summed E-state index contributed by atoms with van der Waals surface area (Å²) >= 11 is 0. The van der Waals surface area contributed by atoms with Crippen LogP contribution in [0.1, 0.15) is 18.1 Å². The van der Waals surface area contributed by atoms with E-state index in [1.165, 1.54) is 0 Å². The number of nitrogens with one attached hydrogen (secondary N) is 1. The first-order valence-electron chi connectivity index (χ1n) is 7.96. The molecule has 6 heteroatoms. The molecule has 3 heterocycles. The molecule has 1 aliphatic heterocycles. The smallest absolute Gasteiger partial charge is 0.208 e. The number of oxazole rings is 1. The van der Waals surface area contributed by atoms with Gasteiger partial charge in [0, 0.05) is 25.1 Å². The molecule has 4 rings (SSSR count). The van der Waals surface area contributed by atoms with Crippen LogP contribution in [-0.2, 0) is 19.5 Å². The first kappa shape index (κ1) is 14.1. The molecular formula is C17H19N5O. The summed E-state index contributed by atoms with van der Waals surface area (Å²) in [6.45, 7) is 2.58. The van der Waals surface area contributed by atoms with Crippen LogP contribution in [0.15, 0.2) is 47.3 Å². The lowest BCUT2D eigenvalue weighted by Crippen LogP contribution is -2.29. The molecule has 23 heavy (non-hydrogen) atoms. The lowest BCUT2D eigenvalue weighted by Gasteiger charge is -2.22. The average molecular weight is 309 g/mol. The fourth-order valence-electron chi connectivity index (χ4n) is 3.01. The highest BCUT2D eigenvalue weighted by molar-refractivity contribution is 5.55. The maximum Gasteiger partial charge on any atom is 0.208 e. The zero-order chi connectivity index (χ0) is 15.5. The summed E-state index contributed by atoms with van der Waals surface area (Å²) in [4.78, 5) is 4.35. The van der Waals surface area contributed by atoms with Gasteiger partial charge >= 0.3 is 0 Å². The summed E-state index contributed by atoms with van der Waals surface area (Å²) in [7, 11) is 0. The van der Waals surface area contributed by atoms with Crippen molar-refractivity contribution in [1.82, 2.24) is 25.1 Å². The van der Waals surface area contributed by atoms with Crippen molar-refractivity contribution in [2.45, 2.75) is 25.9 Å². The fraction of sp³-hybridized carbons (Fsp3) is 0.353. The highest BCUT2D eigenvalue weighted by atomic mass is 16.4. The molecule has 1 aliphatic rings. The molecule has 118 valence electrons. The van der Waals surface area contributed by atoms with Crippen molar-refractivity contribution in [2.75, 3.05) is 6.54 Å². The number of hydrogen-bond acceptors (Lipinski definition) is 5. The van der Waals surface area contributed by atoms with Crippen molar-refractivity contribution in [3.63, 3.8) is 0 Å². The van der Waals surface area contributed by atoms with E-state index in [1.54, 1.807) is 6.20 Å². The zero-order valence-electron chi connectivity index (χ0n) is 12.9. The molecule has 1 N–H and O–H groups in total. The van der Waals surface area contributed by atoms with Crippen LogP contribution in [0.25, 0.3) is 11.3 Å². The molecule has 2 aromatic heterocycles. The van der Waals surface area contributed by atoms with Crippen LogP contribution in [0.3, 0.4) is 0 Å². The van der Waals surface area contributed by atoms with Crippen LogP contribution in [-0.4, -0.2) is 26.3 Å². The van der Waals surface area contributed by atoms with E-state index >= 15 is 0 Å². The molecule has 1 atom stereocenters. The number of aromatic nitrogens is 4. The van der Waals surface area contributed by atoms with E-state index in [1.807, 2.05) is 36.7 Å². The molecule has 0 saturated carbocycles. The second-order valence-electron chi connectivity index (χ2n) is 5.92. The fourth-order valence-corrected chi connectivity index (χ4v) is 3.01. The molecule has 0 spiro atoms. The normalized spacial score (nSPS) is 17.1. The Labute approximate surface area is 134 Å². The highest BCUT2D eigenvalue weighted by Crippen LogP contribution is 2.20. The third kappa shape index (κ3) is 3.17. The van der Waals surface area contributed by atoms with Gasteiger partial charge in [-0.2, -0.15) is 0 Å². The molecule has 1 aromatic carbocycles. The van der Waals surface area contributed by atoms with E-state index in [0.29, 0.717) is 12.5 Å². The first-order valence-corrected chi connectivity index (χ1v) is 7.96. The van der Waals surface area contributed by atoms with Crippen LogP contribution < -0.4 is 5.32 Å². The summed E-state index contributed by atoms with van der Waals surface area (Å²) in [5, 5.41) is 11.5. The third-order valence-electron chi connectivity index (χ3n) is 4.25. The van der Waals surface area contributed by atoms with Crippen LogP contribution in [0.2, 0.25) is 0 Å². The van der Waals surface area contributed by atoms with Crippen molar-refractivity contribution in [3.8, 4) is 11.3 Å². The van der Waals surface area contributed by atoms with Crippen LogP contribution in [0.4, 0.5) is 0 Å². The standard InChI is InChI=1S/C17H19N5O/c1-2-4-14(5-3-1)15-9-19-17(23-15)10-18-8-13-6-7-16-21-20-12-22(16)11-13/h1-5,9,12-13,18H,6-8,10-11H2/t13-/m0/s1. The number of benzene rings is 1. The van der Waals surface area contributed by atoms with Crippen molar-refractivity contribution in [3.05, 3.63) is 54.6 Å². The molecule has 0 bridgehead atoms. The SMILES string of the molecule is c1ccc(-c2cnc(CNC[C@@H]3CCc4nncn4C3)o2)cc1. The summed E-state index contributed by atoms with van der Waals surface area (Å²) in [6, 6.07) is 10.0. The van der Waals surface area contributed by atoms with Crippen molar-refractivity contribution < 1.29 is 4.42 Å². The summed E-state index contributed by atoms with van der Waals surface area (Å²) in [5.41, 5.74) is 1.05. The molecular weight excluding hydrogens is 290 g/mol. The van der Waals surface area contributed by atoms with Gasteiger partial charge < -0.3 is 14.3 Å². The minimum absolute atomic E-state index is 0.599. The minimum atomic E-state index is 0.599. The van der Waals surface area contributed by atoms with Gasteiger partial charge in [-0.25, -0.2) is 4.98 Å². The molecule has 0 aliphatic carbocycles. The van der Waals surface area contributed by atoms with Crippen molar-refractivity contribution >= 4 is 0 Å². The Hall–Kier alpha value is -2.47. The molecule has 0 saturated heterocycles. The Bertz CT molecular complexity index is 764. The predicted octanol–water partition coefficient (Wildman–Crippen LogP) is 2.29. The van der Waals surface area contributed by atoms with Gasteiger partial charge in [0.1, 0.15) is 12.2 Å². The molecule has 6 nitrogen and oxygen atoms in total. The Balaban J connectivity index is 1.30. The second kappa shape index (κ2) is 6.34. The highest BCUT2D eigenvalue weighted by Gasteiger charge is 2.19. The van der Waals surface area contributed by atoms with Crippen LogP contribution in [0.5, 0.6) is 0 Å². The second-order valence-corrected chi connectivity index (χ2v) is 5.92. The average Bonchev–Trinajstić information content (AvgIpc) is 3.24. The van der Waals surface area contributed by atoms with E-state index in [-0.39, 0.29) is 0 Å². The summed E-state index contributed by atoms with van der Waals surface area (Å²) in [5.74, 6) is 3.24. The number of fused-ring (bicyclic) bond motifs is 1. The first-order chi connectivity index (χ1) is 11.4. The minimum Gasteiger partial charge on any atom is -0.439 e. The lowest BCUT2D eigenvalue weighted by molar-refractivity contribution is 0.340. The number of aryl methyl sites for hydroxylation is 1. The van der Waals surface area contributed by atoms with Crippen LogP contribution in [0, 0.1) is 5.92 Å². The summed E-state index contributed by atoms with van der Waals surface area (Å²) in [6.07, 6.45) is 5.76. The Morgan fingerprint density at radius 3 is 3.09 bits per heavy atom. The largest absolute Gasteiger partial charge is 0.439 e. The third-order valence-corrected chi connectivity index (χ3v) is 4.25. The Morgan fingerprint density at radius 2 is 2.17 bits per heavy atom. The number of hydrogen-bond donors (Lipinski definition) is 1. The van der Waals surface area contributed by atoms with Gasteiger partial charge in [-0.3, -0.25) is 0 Å². The maximum atomic E-state index is 5.80. The van der Waals surface area contributed by atoms with Gasteiger partial charge in [0.05, 0.1) is 12.7 Å². The van der Waals surface area contributed by atoms with Gasteiger partial charge in [-0.1, -0.05) is 30.3 Å². The van der Waals surface area contributed by atoms with E-state index in [0.717, 1.165) is 49.0 Å². The van der Waals surface area contributed by atoms with Crippen LogP contribution >= 0.6 is 0 Å². The van der Waals surface area contributed by atoms with Gasteiger partial charge in [-0.15, -0.1) is 10.2 Å². The summed E-state index contributed by atoms with van der Waals surface area (Å²) < 4.78 is 7.95. The molecule has 0 fully saturated rings. The number of nitrogens with zero attached hydrogens (tertiary/aromatic N) is 4. The van der Waals surface area contributed by atoms with Crippen molar-refractivity contribution in [2.24, 2.45) is 5.92 Å². The zero-order valence-corrected chi connectivity index (χ0v) is 12.9. The topological polar surface area (TPSA) is 68.8 Å². The molecule has 0 radical (unpaired) electrons. The predicted molar refractivity (Wildman–Crippen MR) is 85.5 cm³/mol. The van der Waals surface area contributed by atoms with Gasteiger partial charge in [0.2, 0.25) is 5.89 Å².